The van der Waals surface area contributed by atoms with Crippen LogP contribution in [0.3, 0.4) is 0 Å². The predicted octanol–water partition coefficient (Wildman–Crippen LogP) is 2.43. The standard InChI is InChI=1S/C16H18FN5O2S2/c1-26(23,24)21-8-2-3-13(9-21)18-15-20-22-10-14(19-16(22)25-15)11-4-6-12(17)7-5-11/h4-7,10,13H,2-3,8-9H2,1H3,(H,18,20). The highest BCUT2D eigenvalue weighted by atomic mass is 32.2. The molecule has 0 aliphatic carbocycles. The normalized spacial score (nSPS) is 19.1. The van der Waals surface area contributed by atoms with Gasteiger partial charge >= 0.3 is 0 Å². The summed E-state index contributed by atoms with van der Waals surface area (Å²) >= 11 is 1.41. The highest BCUT2D eigenvalue weighted by Gasteiger charge is 2.26. The summed E-state index contributed by atoms with van der Waals surface area (Å²) < 4.78 is 39.7. The minimum absolute atomic E-state index is 0.0332. The number of nitrogens with zero attached hydrogens (tertiary/aromatic N) is 4. The number of nitrogens with one attached hydrogen (secondary N) is 1. The van der Waals surface area contributed by atoms with E-state index in [4.69, 9.17) is 0 Å². The molecule has 1 saturated heterocycles. The van der Waals surface area contributed by atoms with Crippen LogP contribution in [0, 0.1) is 5.82 Å². The Kier molecular flexibility index (Phi) is 4.41. The summed E-state index contributed by atoms with van der Waals surface area (Å²) in [7, 11) is -3.17. The number of imidazole rings is 1. The van der Waals surface area contributed by atoms with Crippen molar-refractivity contribution in [1.29, 1.82) is 0 Å². The van der Waals surface area contributed by atoms with Gasteiger partial charge in [-0.25, -0.2) is 26.6 Å². The molecule has 3 heterocycles. The van der Waals surface area contributed by atoms with E-state index in [1.54, 1.807) is 22.8 Å². The van der Waals surface area contributed by atoms with E-state index in [1.807, 2.05) is 0 Å². The lowest BCUT2D eigenvalue weighted by atomic mass is 10.1. The van der Waals surface area contributed by atoms with Crippen LogP contribution in [-0.2, 0) is 10.0 Å². The topological polar surface area (TPSA) is 79.6 Å². The van der Waals surface area contributed by atoms with Crippen LogP contribution in [0.15, 0.2) is 30.5 Å². The molecule has 0 saturated carbocycles. The number of benzene rings is 1. The van der Waals surface area contributed by atoms with Gasteiger partial charge in [0.15, 0.2) is 0 Å². The van der Waals surface area contributed by atoms with E-state index in [0.29, 0.717) is 18.2 Å². The van der Waals surface area contributed by atoms with Gasteiger partial charge in [0, 0.05) is 24.7 Å². The van der Waals surface area contributed by atoms with Gasteiger partial charge in [0.2, 0.25) is 20.1 Å². The average Bonchev–Trinajstić information content (AvgIpc) is 3.13. The number of aromatic nitrogens is 3. The Labute approximate surface area is 154 Å². The molecule has 1 aromatic carbocycles. The molecule has 2 aromatic heterocycles. The van der Waals surface area contributed by atoms with Crippen LogP contribution < -0.4 is 5.32 Å². The van der Waals surface area contributed by atoms with Crippen molar-refractivity contribution in [2.45, 2.75) is 18.9 Å². The molecule has 1 atom stereocenters. The van der Waals surface area contributed by atoms with Gasteiger partial charge in [0.25, 0.3) is 0 Å². The van der Waals surface area contributed by atoms with E-state index in [2.05, 4.69) is 15.4 Å². The second-order valence-electron chi connectivity index (χ2n) is 6.37. The Morgan fingerprint density at radius 3 is 2.77 bits per heavy atom. The summed E-state index contributed by atoms with van der Waals surface area (Å²) in [5.74, 6) is -0.282. The summed E-state index contributed by atoms with van der Waals surface area (Å²) in [4.78, 5) is 5.26. The smallest absolute Gasteiger partial charge is 0.214 e. The van der Waals surface area contributed by atoms with Gasteiger partial charge in [0.1, 0.15) is 5.82 Å². The van der Waals surface area contributed by atoms with Crippen molar-refractivity contribution >= 4 is 31.5 Å². The van der Waals surface area contributed by atoms with Crippen molar-refractivity contribution in [1.82, 2.24) is 18.9 Å². The maximum absolute atomic E-state index is 13.0. The number of hydrogen-bond donors (Lipinski definition) is 1. The molecule has 0 spiro atoms. The molecule has 10 heteroatoms. The van der Waals surface area contributed by atoms with Crippen molar-refractivity contribution < 1.29 is 12.8 Å². The molecule has 1 aliphatic rings. The second kappa shape index (κ2) is 6.60. The van der Waals surface area contributed by atoms with E-state index in [9.17, 15) is 12.8 Å². The van der Waals surface area contributed by atoms with Crippen molar-refractivity contribution in [3.05, 3.63) is 36.3 Å². The molecular weight excluding hydrogens is 377 g/mol. The van der Waals surface area contributed by atoms with E-state index in [-0.39, 0.29) is 11.9 Å². The zero-order valence-corrected chi connectivity index (χ0v) is 15.7. The van der Waals surface area contributed by atoms with E-state index in [1.165, 1.54) is 34.0 Å². The number of sulfonamides is 1. The lowest BCUT2D eigenvalue weighted by Crippen LogP contribution is -2.44. The lowest BCUT2D eigenvalue weighted by molar-refractivity contribution is 0.329. The highest BCUT2D eigenvalue weighted by molar-refractivity contribution is 7.88. The van der Waals surface area contributed by atoms with Crippen molar-refractivity contribution in [2.75, 3.05) is 24.7 Å². The van der Waals surface area contributed by atoms with Crippen LogP contribution >= 0.6 is 11.3 Å². The number of hydrogen-bond acceptors (Lipinski definition) is 6. The van der Waals surface area contributed by atoms with Crippen molar-refractivity contribution in [3.63, 3.8) is 0 Å². The maximum Gasteiger partial charge on any atom is 0.214 e. The molecule has 1 aliphatic heterocycles. The zero-order valence-electron chi connectivity index (χ0n) is 14.1. The third kappa shape index (κ3) is 3.57. The highest BCUT2D eigenvalue weighted by Crippen LogP contribution is 2.26. The third-order valence-electron chi connectivity index (χ3n) is 4.36. The summed E-state index contributed by atoms with van der Waals surface area (Å²) in [5, 5.41) is 8.50. The van der Waals surface area contributed by atoms with Crippen LogP contribution in [0.25, 0.3) is 16.2 Å². The fourth-order valence-electron chi connectivity index (χ4n) is 3.05. The molecule has 7 nitrogen and oxygen atoms in total. The predicted molar refractivity (Wildman–Crippen MR) is 99.3 cm³/mol. The average molecular weight is 395 g/mol. The van der Waals surface area contributed by atoms with Gasteiger partial charge in [-0.15, -0.1) is 5.10 Å². The van der Waals surface area contributed by atoms with Gasteiger partial charge in [0.05, 0.1) is 18.1 Å². The Morgan fingerprint density at radius 1 is 1.31 bits per heavy atom. The Bertz CT molecular complexity index is 997. The Morgan fingerprint density at radius 2 is 2.08 bits per heavy atom. The Balaban J connectivity index is 1.50. The molecule has 0 amide bonds. The van der Waals surface area contributed by atoms with E-state index < -0.39 is 10.0 Å². The number of rotatable bonds is 4. The molecule has 0 bridgehead atoms. The molecule has 3 aromatic rings. The molecule has 1 N–H and O–H groups in total. The largest absolute Gasteiger partial charge is 0.356 e. The SMILES string of the molecule is CS(=O)(=O)N1CCCC(Nc2nn3cc(-c4ccc(F)cc4)nc3s2)C1. The molecular formula is C16H18FN5O2S2. The first-order valence-corrected chi connectivity index (χ1v) is 10.9. The van der Waals surface area contributed by atoms with Crippen LogP contribution in [0.2, 0.25) is 0 Å². The monoisotopic (exact) mass is 395 g/mol. The zero-order chi connectivity index (χ0) is 18.3. The number of piperidine rings is 1. The molecule has 26 heavy (non-hydrogen) atoms. The first-order chi connectivity index (χ1) is 12.4. The van der Waals surface area contributed by atoms with Crippen LogP contribution in [-0.4, -0.2) is 52.7 Å². The second-order valence-corrected chi connectivity index (χ2v) is 9.31. The van der Waals surface area contributed by atoms with Crippen LogP contribution in [0.1, 0.15) is 12.8 Å². The quantitative estimate of drug-likeness (QED) is 0.734. The van der Waals surface area contributed by atoms with E-state index >= 15 is 0 Å². The molecule has 138 valence electrons. The minimum Gasteiger partial charge on any atom is -0.356 e. The first-order valence-electron chi connectivity index (χ1n) is 8.22. The summed E-state index contributed by atoms with van der Waals surface area (Å²) in [6, 6.07) is 6.20. The first kappa shape index (κ1) is 17.4. The summed E-state index contributed by atoms with van der Waals surface area (Å²) in [5.41, 5.74) is 1.56. The molecule has 1 unspecified atom stereocenters. The molecule has 4 rings (SSSR count). The van der Waals surface area contributed by atoms with Crippen molar-refractivity contribution in [2.24, 2.45) is 0 Å². The number of halogens is 1. The fourth-order valence-corrected chi connectivity index (χ4v) is 4.82. The number of anilines is 1. The molecule has 1 fully saturated rings. The van der Waals surface area contributed by atoms with Gasteiger partial charge in [-0.3, -0.25) is 0 Å². The lowest BCUT2D eigenvalue weighted by Gasteiger charge is -2.31. The Hall–Kier alpha value is -2.04. The van der Waals surface area contributed by atoms with Gasteiger partial charge < -0.3 is 5.32 Å². The van der Waals surface area contributed by atoms with Gasteiger partial charge in [-0.1, -0.05) is 11.3 Å². The summed E-state index contributed by atoms with van der Waals surface area (Å²) in [6.07, 6.45) is 4.76. The van der Waals surface area contributed by atoms with Gasteiger partial charge in [-0.2, -0.15) is 0 Å². The summed E-state index contributed by atoms with van der Waals surface area (Å²) in [6.45, 7) is 1.01. The van der Waals surface area contributed by atoms with Crippen LogP contribution in [0.5, 0.6) is 0 Å². The van der Waals surface area contributed by atoms with Crippen molar-refractivity contribution in [3.8, 4) is 11.3 Å². The fraction of sp³-hybridized carbons (Fsp3) is 0.375. The number of fused-ring (bicyclic) bond motifs is 1. The molecule has 0 radical (unpaired) electrons. The van der Waals surface area contributed by atoms with E-state index in [0.717, 1.165) is 29.1 Å². The minimum atomic E-state index is -3.17. The third-order valence-corrected chi connectivity index (χ3v) is 6.49. The van der Waals surface area contributed by atoms with Gasteiger partial charge in [-0.05, 0) is 37.1 Å². The van der Waals surface area contributed by atoms with Crippen LogP contribution in [0.4, 0.5) is 9.52 Å². The maximum atomic E-state index is 13.0.